The maximum absolute atomic E-state index is 11.6. The topological polar surface area (TPSA) is 92.1 Å². The highest BCUT2D eigenvalue weighted by Crippen LogP contribution is 2.05. The molecule has 0 aliphatic heterocycles. The Hall–Kier alpha value is -1.63. The summed E-state index contributed by atoms with van der Waals surface area (Å²) >= 11 is 0. The molecule has 0 atom stereocenters. The van der Waals surface area contributed by atoms with Crippen LogP contribution in [0.2, 0.25) is 0 Å². The van der Waals surface area contributed by atoms with Crippen LogP contribution in [0.15, 0.2) is 4.42 Å². The first-order valence-electron chi connectivity index (χ1n) is 6.48. The van der Waals surface area contributed by atoms with Crippen molar-refractivity contribution in [3.8, 4) is 0 Å². The van der Waals surface area contributed by atoms with Crippen LogP contribution in [0.5, 0.6) is 0 Å². The van der Waals surface area contributed by atoms with Gasteiger partial charge in [0.15, 0.2) is 0 Å². The molecular weight excluding hydrogens is 246 g/mol. The fraction of sp³-hybridized carbons (Fsp3) is 0.750. The third-order valence-corrected chi connectivity index (χ3v) is 2.14. The second-order valence-corrected chi connectivity index (χ2v) is 5.26. The van der Waals surface area contributed by atoms with Gasteiger partial charge in [-0.2, -0.15) is 0 Å². The lowest BCUT2D eigenvalue weighted by Crippen LogP contribution is -2.41. The molecule has 0 aliphatic rings. The summed E-state index contributed by atoms with van der Waals surface area (Å²) in [6.45, 7) is 9.71. The molecule has 1 rings (SSSR count). The number of amides is 1. The number of carbonyl (C=O) groups is 1. The Morgan fingerprint density at radius 2 is 2.05 bits per heavy atom. The van der Waals surface area contributed by atoms with E-state index in [2.05, 4.69) is 26.1 Å². The van der Waals surface area contributed by atoms with Gasteiger partial charge in [0.25, 0.3) is 0 Å². The maximum atomic E-state index is 11.6. The fourth-order valence-corrected chi connectivity index (χ4v) is 1.39. The molecule has 0 aliphatic carbocycles. The first kappa shape index (κ1) is 15.4. The highest BCUT2D eigenvalue weighted by atomic mass is 16.4. The zero-order chi connectivity index (χ0) is 14.3. The molecular formula is C12H23N5O2. The van der Waals surface area contributed by atoms with Gasteiger partial charge in [0.1, 0.15) is 0 Å². The molecule has 7 heteroatoms. The van der Waals surface area contributed by atoms with Crippen LogP contribution in [0, 0.1) is 0 Å². The van der Waals surface area contributed by atoms with Crippen LogP contribution in [-0.4, -0.2) is 34.7 Å². The fourth-order valence-electron chi connectivity index (χ4n) is 1.39. The molecule has 0 fully saturated rings. The predicted molar refractivity (Wildman–Crippen MR) is 72.7 cm³/mol. The van der Waals surface area contributed by atoms with Crippen molar-refractivity contribution in [1.29, 1.82) is 0 Å². The Kier molecular flexibility index (Phi) is 5.75. The lowest BCUT2D eigenvalue weighted by molar-refractivity contribution is -0.122. The van der Waals surface area contributed by atoms with Crippen LogP contribution in [0.4, 0.5) is 6.01 Å². The molecule has 0 aromatic carbocycles. The summed E-state index contributed by atoms with van der Waals surface area (Å²) in [4.78, 5) is 11.6. The first-order chi connectivity index (χ1) is 8.90. The minimum absolute atomic E-state index is 0.00705. The molecule has 0 bridgehead atoms. The second kappa shape index (κ2) is 7.08. The number of hydrogen-bond donors (Lipinski definition) is 3. The first-order valence-corrected chi connectivity index (χ1v) is 6.48. The lowest BCUT2D eigenvalue weighted by Gasteiger charge is -2.20. The van der Waals surface area contributed by atoms with Gasteiger partial charge < -0.3 is 20.4 Å². The number of aromatic nitrogens is 2. The molecule has 1 aromatic heterocycles. The van der Waals surface area contributed by atoms with Gasteiger partial charge in [0, 0.05) is 18.5 Å². The van der Waals surface area contributed by atoms with Crippen molar-refractivity contribution in [3.05, 3.63) is 5.89 Å². The van der Waals surface area contributed by atoms with Crippen molar-refractivity contribution in [3.63, 3.8) is 0 Å². The van der Waals surface area contributed by atoms with Gasteiger partial charge in [0.2, 0.25) is 11.8 Å². The van der Waals surface area contributed by atoms with Crippen molar-refractivity contribution in [2.75, 3.05) is 18.4 Å². The third kappa shape index (κ3) is 6.76. The zero-order valence-electron chi connectivity index (χ0n) is 12.0. The molecule has 3 N–H and O–H groups in total. The van der Waals surface area contributed by atoms with Gasteiger partial charge in [-0.1, -0.05) is 12.0 Å². The zero-order valence-corrected chi connectivity index (χ0v) is 12.0. The Morgan fingerprint density at radius 3 is 2.68 bits per heavy atom. The standard InChI is InChI=1S/C12H23N5O2/c1-5-13-8-10-16-17-11(19-10)14-7-6-9(18)15-12(2,3)4/h13H,5-8H2,1-4H3,(H,14,17)(H,15,18). The summed E-state index contributed by atoms with van der Waals surface area (Å²) < 4.78 is 5.34. The van der Waals surface area contributed by atoms with Crippen molar-refractivity contribution < 1.29 is 9.21 Å². The van der Waals surface area contributed by atoms with Crippen LogP contribution in [-0.2, 0) is 11.3 Å². The number of rotatable bonds is 7. The summed E-state index contributed by atoms with van der Waals surface area (Å²) in [5.41, 5.74) is -0.208. The normalized spacial score (nSPS) is 11.4. The molecule has 0 spiro atoms. The van der Waals surface area contributed by atoms with E-state index in [0.29, 0.717) is 31.4 Å². The minimum atomic E-state index is -0.208. The van der Waals surface area contributed by atoms with E-state index in [9.17, 15) is 4.79 Å². The predicted octanol–water partition coefficient (Wildman–Crippen LogP) is 0.896. The van der Waals surface area contributed by atoms with Crippen LogP contribution in [0.1, 0.15) is 40.0 Å². The van der Waals surface area contributed by atoms with Crippen LogP contribution >= 0.6 is 0 Å². The van der Waals surface area contributed by atoms with Gasteiger partial charge in [-0.25, -0.2) is 0 Å². The molecule has 0 saturated heterocycles. The molecule has 0 unspecified atom stereocenters. The molecule has 1 aromatic rings. The second-order valence-electron chi connectivity index (χ2n) is 5.26. The van der Waals surface area contributed by atoms with Gasteiger partial charge in [-0.15, -0.1) is 5.10 Å². The molecule has 108 valence electrons. The summed E-state index contributed by atoms with van der Waals surface area (Å²) in [6, 6.07) is 0.344. The van der Waals surface area contributed by atoms with E-state index >= 15 is 0 Å². The molecule has 0 saturated carbocycles. The quantitative estimate of drug-likeness (QED) is 0.681. The van der Waals surface area contributed by atoms with Crippen molar-refractivity contribution >= 4 is 11.9 Å². The summed E-state index contributed by atoms with van der Waals surface area (Å²) in [7, 11) is 0. The average molecular weight is 269 g/mol. The van der Waals surface area contributed by atoms with Crippen molar-refractivity contribution in [2.24, 2.45) is 0 Å². The minimum Gasteiger partial charge on any atom is -0.407 e. The van der Waals surface area contributed by atoms with Crippen LogP contribution < -0.4 is 16.0 Å². The van der Waals surface area contributed by atoms with Crippen LogP contribution in [0.25, 0.3) is 0 Å². The van der Waals surface area contributed by atoms with E-state index in [0.717, 1.165) is 6.54 Å². The Labute approximate surface area is 113 Å². The summed E-state index contributed by atoms with van der Waals surface area (Å²) in [5.74, 6) is 0.524. The number of carbonyl (C=O) groups excluding carboxylic acids is 1. The molecule has 19 heavy (non-hydrogen) atoms. The van der Waals surface area contributed by atoms with Crippen molar-refractivity contribution in [2.45, 2.75) is 46.2 Å². The summed E-state index contributed by atoms with van der Waals surface area (Å²) in [5, 5.41) is 16.6. The number of nitrogens with zero attached hydrogens (tertiary/aromatic N) is 2. The monoisotopic (exact) mass is 269 g/mol. The highest BCUT2D eigenvalue weighted by Gasteiger charge is 2.13. The summed E-state index contributed by atoms with van der Waals surface area (Å²) in [6.07, 6.45) is 0.363. The Morgan fingerprint density at radius 1 is 1.32 bits per heavy atom. The number of anilines is 1. The van der Waals surface area contributed by atoms with Crippen molar-refractivity contribution in [1.82, 2.24) is 20.8 Å². The average Bonchev–Trinajstić information content (AvgIpc) is 2.72. The van der Waals surface area contributed by atoms with Gasteiger partial charge in [-0.05, 0) is 27.3 Å². The molecule has 1 heterocycles. The van der Waals surface area contributed by atoms with Gasteiger partial charge in [0.05, 0.1) is 6.54 Å². The lowest BCUT2D eigenvalue weighted by atomic mass is 10.1. The molecule has 1 amide bonds. The maximum Gasteiger partial charge on any atom is 0.315 e. The smallest absolute Gasteiger partial charge is 0.315 e. The van der Waals surface area contributed by atoms with Crippen LogP contribution in [0.3, 0.4) is 0 Å². The van der Waals surface area contributed by atoms with E-state index < -0.39 is 0 Å². The highest BCUT2D eigenvalue weighted by molar-refractivity contribution is 5.77. The molecule has 7 nitrogen and oxygen atoms in total. The van der Waals surface area contributed by atoms with E-state index in [1.807, 2.05) is 27.7 Å². The van der Waals surface area contributed by atoms with Gasteiger partial charge >= 0.3 is 6.01 Å². The molecule has 0 radical (unpaired) electrons. The Bertz CT molecular complexity index is 397. The van der Waals surface area contributed by atoms with E-state index in [-0.39, 0.29) is 11.4 Å². The largest absolute Gasteiger partial charge is 0.407 e. The number of hydrogen-bond acceptors (Lipinski definition) is 6. The van der Waals surface area contributed by atoms with E-state index in [4.69, 9.17) is 4.42 Å². The number of nitrogens with one attached hydrogen (secondary N) is 3. The van der Waals surface area contributed by atoms with E-state index in [1.165, 1.54) is 0 Å². The Balaban J connectivity index is 2.25. The third-order valence-electron chi connectivity index (χ3n) is 2.14. The van der Waals surface area contributed by atoms with Gasteiger partial charge in [-0.3, -0.25) is 4.79 Å². The SMILES string of the molecule is CCNCc1nnc(NCCC(=O)NC(C)(C)C)o1. The van der Waals surface area contributed by atoms with E-state index in [1.54, 1.807) is 0 Å².